The van der Waals surface area contributed by atoms with Gasteiger partial charge in [-0.25, -0.2) is 8.42 Å². The first-order valence-electron chi connectivity index (χ1n) is 5.87. The summed E-state index contributed by atoms with van der Waals surface area (Å²) >= 11 is 0. The Labute approximate surface area is 122 Å². The van der Waals surface area contributed by atoms with E-state index in [1.165, 1.54) is 18.2 Å². The van der Waals surface area contributed by atoms with Gasteiger partial charge in [0.1, 0.15) is 6.54 Å². The molecule has 9 heteroatoms. The van der Waals surface area contributed by atoms with E-state index in [4.69, 9.17) is 10.8 Å². The monoisotopic (exact) mass is 316 g/mol. The van der Waals surface area contributed by atoms with Crippen molar-refractivity contribution in [3.05, 3.63) is 24.3 Å². The van der Waals surface area contributed by atoms with Gasteiger partial charge in [-0.2, -0.15) is 0 Å². The first-order valence-corrected chi connectivity index (χ1v) is 7.37. The number of para-hydroxylation sites is 2. The molecule has 1 aromatic rings. The molecule has 0 aliphatic heterocycles. The van der Waals surface area contributed by atoms with Crippen LogP contribution in [0.25, 0.3) is 0 Å². The van der Waals surface area contributed by atoms with Crippen LogP contribution in [0.4, 0.5) is 11.4 Å². The van der Waals surface area contributed by atoms with Crippen molar-refractivity contribution in [3.63, 3.8) is 0 Å². The molecule has 1 atom stereocenters. The number of hydrogen-bond acceptors (Lipinski definition) is 6. The summed E-state index contributed by atoms with van der Waals surface area (Å²) < 4.78 is 29.8. The highest BCUT2D eigenvalue weighted by atomic mass is 32.2. The predicted octanol–water partition coefficient (Wildman–Crippen LogP) is 0.0511. The molecule has 116 valence electrons. The number of anilines is 2. The molecule has 0 amide bonds. The fourth-order valence-corrected chi connectivity index (χ4v) is 3.08. The topological polar surface area (TPSA) is 127 Å². The normalized spacial score (nSPS) is 12.5. The van der Waals surface area contributed by atoms with Crippen LogP contribution in [0.5, 0.6) is 0 Å². The Kier molecular flexibility index (Phi) is 5.14. The molecule has 0 radical (unpaired) electrons. The Bertz CT molecular complexity index is 643. The third-order valence-corrected chi connectivity index (χ3v) is 4.80. The molecule has 0 saturated heterocycles. The van der Waals surface area contributed by atoms with Crippen molar-refractivity contribution >= 4 is 33.3 Å². The minimum absolute atomic E-state index is 0.00402. The number of methoxy groups -OCH3 is 1. The number of ether oxygens (including phenoxy) is 1. The van der Waals surface area contributed by atoms with Crippen LogP contribution in [-0.2, 0) is 24.3 Å². The molecule has 0 fully saturated rings. The Morgan fingerprint density at radius 2 is 1.95 bits per heavy atom. The number of carbonyl (C=O) groups is 2. The first kappa shape index (κ1) is 16.8. The van der Waals surface area contributed by atoms with Gasteiger partial charge in [-0.05, 0) is 19.1 Å². The van der Waals surface area contributed by atoms with Crippen molar-refractivity contribution in [2.24, 2.45) is 0 Å². The molecule has 1 aromatic carbocycles. The van der Waals surface area contributed by atoms with E-state index in [1.54, 1.807) is 6.07 Å². The van der Waals surface area contributed by atoms with Crippen LogP contribution in [-0.4, -0.2) is 44.4 Å². The zero-order valence-corrected chi connectivity index (χ0v) is 12.3. The van der Waals surface area contributed by atoms with E-state index < -0.39 is 33.8 Å². The third kappa shape index (κ3) is 3.63. The summed E-state index contributed by atoms with van der Waals surface area (Å²) in [7, 11) is -3.24. The molecule has 8 nitrogen and oxygen atoms in total. The van der Waals surface area contributed by atoms with Crippen molar-refractivity contribution in [1.29, 1.82) is 0 Å². The van der Waals surface area contributed by atoms with Crippen LogP contribution in [0.3, 0.4) is 0 Å². The molecule has 1 rings (SSSR count). The summed E-state index contributed by atoms with van der Waals surface area (Å²) in [5.41, 5.74) is 5.77. The molecule has 0 aromatic heterocycles. The van der Waals surface area contributed by atoms with Crippen LogP contribution in [0.2, 0.25) is 0 Å². The minimum atomic E-state index is -4.29. The van der Waals surface area contributed by atoms with Gasteiger partial charge < -0.3 is 15.6 Å². The number of esters is 1. The van der Waals surface area contributed by atoms with Crippen LogP contribution < -0.4 is 10.0 Å². The first-order chi connectivity index (χ1) is 9.71. The summed E-state index contributed by atoms with van der Waals surface area (Å²) in [5, 5.41) is 7.36. The lowest BCUT2D eigenvalue weighted by molar-refractivity contribution is -0.140. The second-order valence-corrected chi connectivity index (χ2v) is 6.35. The molecule has 0 heterocycles. The van der Waals surface area contributed by atoms with Crippen molar-refractivity contribution in [1.82, 2.24) is 0 Å². The number of nitrogens with zero attached hydrogens (tertiary/aromatic N) is 1. The highest BCUT2D eigenvalue weighted by Gasteiger charge is 2.36. The summed E-state index contributed by atoms with van der Waals surface area (Å²) in [6, 6.07) is 5.88. The third-order valence-electron chi connectivity index (χ3n) is 2.77. The van der Waals surface area contributed by atoms with E-state index in [9.17, 15) is 18.0 Å². The second-order valence-electron chi connectivity index (χ2n) is 4.17. The standard InChI is InChI=1S/C12H16N2O6S/c1-8(12(17)20-2)21(18,19)14(7-11(15)16)10-6-4-3-5-9(10)13/h3-6,8H,7,13H2,1-2H3,(H,15,16). The van der Waals surface area contributed by atoms with E-state index in [0.29, 0.717) is 4.31 Å². The minimum Gasteiger partial charge on any atom is -0.480 e. The Morgan fingerprint density at radius 3 is 2.43 bits per heavy atom. The number of aliphatic carboxylic acids is 1. The Balaban J connectivity index is 3.35. The van der Waals surface area contributed by atoms with Crippen LogP contribution in [0.15, 0.2) is 24.3 Å². The molecule has 0 spiro atoms. The number of carbonyl (C=O) groups excluding carboxylic acids is 1. The number of carboxylic acids is 1. The number of carboxylic acid groups (broad SMARTS) is 1. The van der Waals surface area contributed by atoms with Gasteiger partial charge in [0.05, 0.1) is 18.5 Å². The van der Waals surface area contributed by atoms with Gasteiger partial charge in [0.25, 0.3) is 0 Å². The molecular weight excluding hydrogens is 300 g/mol. The van der Waals surface area contributed by atoms with Gasteiger partial charge in [0, 0.05) is 0 Å². The lowest BCUT2D eigenvalue weighted by atomic mass is 10.3. The molecule has 3 N–H and O–H groups in total. The molecule has 1 unspecified atom stereocenters. The molecule has 21 heavy (non-hydrogen) atoms. The van der Waals surface area contributed by atoms with E-state index in [2.05, 4.69) is 4.74 Å². The number of sulfonamides is 1. The quantitative estimate of drug-likeness (QED) is 0.560. The second kappa shape index (κ2) is 6.44. The smallest absolute Gasteiger partial charge is 0.325 e. The van der Waals surface area contributed by atoms with Crippen molar-refractivity contribution in [3.8, 4) is 0 Å². The van der Waals surface area contributed by atoms with Gasteiger partial charge in [-0.15, -0.1) is 0 Å². The molecule has 0 saturated carbocycles. The van der Waals surface area contributed by atoms with Gasteiger partial charge in [0.15, 0.2) is 5.25 Å². The Morgan fingerprint density at radius 1 is 1.38 bits per heavy atom. The average molecular weight is 316 g/mol. The maximum Gasteiger partial charge on any atom is 0.325 e. The molecular formula is C12H16N2O6S. The zero-order chi connectivity index (χ0) is 16.2. The van der Waals surface area contributed by atoms with E-state index in [1.807, 2.05) is 0 Å². The van der Waals surface area contributed by atoms with Crippen molar-refractivity contribution in [2.75, 3.05) is 23.7 Å². The van der Waals surface area contributed by atoms with E-state index in [0.717, 1.165) is 14.0 Å². The molecule has 0 aliphatic rings. The summed E-state index contributed by atoms with van der Waals surface area (Å²) in [4.78, 5) is 22.4. The lowest BCUT2D eigenvalue weighted by Crippen LogP contribution is -2.44. The predicted molar refractivity (Wildman–Crippen MR) is 76.2 cm³/mol. The highest BCUT2D eigenvalue weighted by Crippen LogP contribution is 2.27. The summed E-state index contributed by atoms with van der Waals surface area (Å²) in [5.74, 6) is -2.36. The largest absolute Gasteiger partial charge is 0.480 e. The number of benzene rings is 1. The molecule has 0 aliphatic carbocycles. The lowest BCUT2D eigenvalue weighted by Gasteiger charge is -2.26. The van der Waals surface area contributed by atoms with Crippen molar-refractivity contribution < 1.29 is 27.9 Å². The maximum atomic E-state index is 12.4. The summed E-state index contributed by atoms with van der Waals surface area (Å²) in [6.07, 6.45) is 0. The highest BCUT2D eigenvalue weighted by molar-refractivity contribution is 7.94. The van der Waals surface area contributed by atoms with Gasteiger partial charge >= 0.3 is 11.9 Å². The number of rotatable bonds is 6. The van der Waals surface area contributed by atoms with Gasteiger partial charge in [0.2, 0.25) is 10.0 Å². The number of nitrogens with two attached hydrogens (primary N) is 1. The van der Waals surface area contributed by atoms with E-state index in [-0.39, 0.29) is 11.4 Å². The fraction of sp³-hybridized carbons (Fsp3) is 0.333. The van der Waals surface area contributed by atoms with E-state index >= 15 is 0 Å². The van der Waals surface area contributed by atoms with Crippen LogP contribution in [0.1, 0.15) is 6.92 Å². The van der Waals surface area contributed by atoms with Gasteiger partial charge in [-0.1, -0.05) is 12.1 Å². The zero-order valence-electron chi connectivity index (χ0n) is 11.5. The van der Waals surface area contributed by atoms with Crippen LogP contribution >= 0.6 is 0 Å². The van der Waals surface area contributed by atoms with Crippen LogP contribution in [0, 0.1) is 0 Å². The number of nitrogen functional groups attached to an aromatic ring is 1. The summed E-state index contributed by atoms with van der Waals surface area (Å²) in [6.45, 7) is 0.271. The Hall–Kier alpha value is -2.29. The SMILES string of the molecule is COC(=O)C(C)S(=O)(=O)N(CC(=O)O)c1ccccc1N. The average Bonchev–Trinajstić information content (AvgIpc) is 2.43. The number of hydrogen-bond donors (Lipinski definition) is 2. The maximum absolute atomic E-state index is 12.4. The van der Waals surface area contributed by atoms with Gasteiger partial charge in [-0.3, -0.25) is 13.9 Å². The fourth-order valence-electron chi connectivity index (χ4n) is 1.63. The molecule has 0 bridgehead atoms. The van der Waals surface area contributed by atoms with Crippen molar-refractivity contribution in [2.45, 2.75) is 12.2 Å².